The van der Waals surface area contributed by atoms with Crippen LogP contribution in [0, 0.1) is 0 Å². The number of nitrogens with zero attached hydrogens (tertiary/aromatic N) is 1. The highest BCUT2D eigenvalue weighted by atomic mass is 31.2. The number of quaternary nitrogens is 1. The maximum absolute atomic E-state index is 12.7. The molecule has 0 aromatic heterocycles. The Kier molecular flexibility index (Phi) is 43.2. The van der Waals surface area contributed by atoms with Gasteiger partial charge in [-0.15, -0.1) is 0 Å². The molecular formula is C54H91NO7P+. The molecule has 63 heavy (non-hydrogen) atoms. The van der Waals surface area contributed by atoms with Crippen molar-refractivity contribution in [3.8, 4) is 0 Å². The van der Waals surface area contributed by atoms with Crippen LogP contribution in [0.1, 0.15) is 155 Å². The summed E-state index contributed by atoms with van der Waals surface area (Å²) in [5, 5.41) is 0. The smallest absolute Gasteiger partial charge is 0.457 e. The quantitative estimate of drug-likeness (QED) is 0.0214. The molecule has 0 aliphatic carbocycles. The van der Waals surface area contributed by atoms with Crippen molar-refractivity contribution in [1.29, 1.82) is 0 Å². The normalized spacial score (nSPS) is 14.7. The molecule has 8 nitrogen and oxygen atoms in total. The molecule has 2 unspecified atom stereocenters. The maximum Gasteiger partial charge on any atom is 0.472 e. The first-order chi connectivity index (χ1) is 30.6. The fourth-order valence-corrected chi connectivity index (χ4v) is 6.58. The van der Waals surface area contributed by atoms with Crippen LogP contribution in [0.2, 0.25) is 0 Å². The van der Waals surface area contributed by atoms with Gasteiger partial charge in [0, 0.05) is 13.0 Å². The molecule has 0 spiro atoms. The van der Waals surface area contributed by atoms with E-state index in [0.29, 0.717) is 24.1 Å². The lowest BCUT2D eigenvalue weighted by Gasteiger charge is -2.24. The van der Waals surface area contributed by atoms with E-state index >= 15 is 0 Å². The summed E-state index contributed by atoms with van der Waals surface area (Å²) in [7, 11) is 1.61. The number of allylic oxidation sites excluding steroid dienone is 20. The molecule has 2 atom stereocenters. The Morgan fingerprint density at radius 1 is 0.492 bits per heavy atom. The van der Waals surface area contributed by atoms with Crippen molar-refractivity contribution in [2.24, 2.45) is 0 Å². The predicted octanol–water partition coefficient (Wildman–Crippen LogP) is 14.9. The van der Waals surface area contributed by atoms with Crippen molar-refractivity contribution in [2.45, 2.75) is 161 Å². The molecule has 9 heteroatoms. The van der Waals surface area contributed by atoms with E-state index in [4.69, 9.17) is 18.5 Å². The number of phosphoric acid groups is 1. The van der Waals surface area contributed by atoms with Crippen molar-refractivity contribution in [3.63, 3.8) is 0 Å². The van der Waals surface area contributed by atoms with Gasteiger partial charge in [-0.1, -0.05) is 167 Å². The molecule has 358 valence electrons. The molecule has 0 aliphatic heterocycles. The van der Waals surface area contributed by atoms with E-state index in [1.807, 2.05) is 21.1 Å². The fraction of sp³-hybridized carbons (Fsp3) is 0.611. The Bertz CT molecular complexity index is 1410. The summed E-state index contributed by atoms with van der Waals surface area (Å²) in [6, 6.07) is 0. The third-order valence-electron chi connectivity index (χ3n) is 9.52. The van der Waals surface area contributed by atoms with Crippen LogP contribution in [0.3, 0.4) is 0 Å². The molecule has 0 radical (unpaired) electrons. The highest BCUT2D eigenvalue weighted by molar-refractivity contribution is 7.47. The molecule has 0 aromatic rings. The zero-order valence-corrected chi connectivity index (χ0v) is 41.4. The molecular weight excluding hydrogens is 806 g/mol. The number of phosphoric ester groups is 1. The second kappa shape index (κ2) is 45.5. The monoisotopic (exact) mass is 897 g/mol. The van der Waals surface area contributed by atoms with Crippen LogP contribution in [0.15, 0.2) is 122 Å². The molecule has 0 bridgehead atoms. The molecule has 0 aliphatic rings. The second-order valence-corrected chi connectivity index (χ2v) is 18.2. The van der Waals surface area contributed by atoms with Gasteiger partial charge in [-0.2, -0.15) is 0 Å². The minimum Gasteiger partial charge on any atom is -0.457 e. The number of hydrogen-bond donors (Lipinski definition) is 1. The van der Waals surface area contributed by atoms with Crippen LogP contribution < -0.4 is 0 Å². The molecule has 1 N–H and O–H groups in total. The summed E-state index contributed by atoms with van der Waals surface area (Å²) in [6.07, 6.45) is 65.4. The van der Waals surface area contributed by atoms with Crippen LogP contribution >= 0.6 is 7.82 Å². The number of rotatable bonds is 43. The minimum atomic E-state index is -4.30. The molecule has 0 fully saturated rings. The number of ether oxygens (including phenoxy) is 2. The number of likely N-dealkylation sites (N-methyl/N-ethyl adjacent to an activating group) is 1. The van der Waals surface area contributed by atoms with Gasteiger partial charge in [0.2, 0.25) is 0 Å². The van der Waals surface area contributed by atoms with E-state index in [-0.39, 0.29) is 32.2 Å². The van der Waals surface area contributed by atoms with E-state index < -0.39 is 13.9 Å². The number of unbranched alkanes of at least 4 members (excludes halogenated alkanes) is 9. The lowest BCUT2D eigenvalue weighted by molar-refractivity contribution is -0.870. The summed E-state index contributed by atoms with van der Waals surface area (Å²) >= 11 is 0. The van der Waals surface area contributed by atoms with E-state index in [9.17, 15) is 14.3 Å². The highest BCUT2D eigenvalue weighted by Gasteiger charge is 2.26. The Hall–Kier alpha value is -3.10. The summed E-state index contributed by atoms with van der Waals surface area (Å²) in [5.74, 6) is -0.364. The summed E-state index contributed by atoms with van der Waals surface area (Å²) in [5.41, 5.74) is 0. The van der Waals surface area contributed by atoms with Gasteiger partial charge in [0.1, 0.15) is 19.3 Å². The van der Waals surface area contributed by atoms with Gasteiger partial charge in [-0.05, 0) is 103 Å². The second-order valence-electron chi connectivity index (χ2n) is 16.7. The number of carbonyl (C=O) groups excluding carboxylic acids is 1. The fourth-order valence-electron chi connectivity index (χ4n) is 5.84. The van der Waals surface area contributed by atoms with Gasteiger partial charge < -0.3 is 18.9 Å². The van der Waals surface area contributed by atoms with Crippen molar-refractivity contribution in [2.75, 3.05) is 54.1 Å². The lowest BCUT2D eigenvalue weighted by atomic mass is 10.1. The van der Waals surface area contributed by atoms with E-state index in [1.54, 1.807) is 0 Å². The molecule has 0 heterocycles. The van der Waals surface area contributed by atoms with Crippen LogP contribution in [0.4, 0.5) is 0 Å². The van der Waals surface area contributed by atoms with E-state index in [0.717, 1.165) is 103 Å². The first kappa shape index (κ1) is 59.9. The van der Waals surface area contributed by atoms with Crippen molar-refractivity contribution >= 4 is 13.8 Å². The zero-order chi connectivity index (χ0) is 46.2. The van der Waals surface area contributed by atoms with E-state index in [2.05, 4.69) is 135 Å². The maximum atomic E-state index is 12.7. The molecule has 0 rings (SSSR count). The Balaban J connectivity index is 4.25. The topological polar surface area (TPSA) is 91.3 Å². The molecule has 0 saturated carbocycles. The first-order valence-electron chi connectivity index (χ1n) is 24.3. The third kappa shape index (κ3) is 49.8. The number of esters is 1. The van der Waals surface area contributed by atoms with Crippen molar-refractivity contribution in [1.82, 2.24) is 0 Å². The SMILES string of the molecule is CC/C=C\C/C=C\C/C=C\C/C=C\C/C=C\C/C=C\CCCCCCCCCOCC(COP(=O)(O)OCC[N+](C)(C)C)OC(=O)CCCC/C=C\C/C=C\C/C=C\C/C=C\CC. The van der Waals surface area contributed by atoms with Crippen LogP contribution in [0.5, 0.6) is 0 Å². The minimum absolute atomic E-state index is 0.0704. The standard InChI is InChI=1S/C54H90NO7P/c1-6-8-10-12-14-16-18-20-22-23-24-25-26-27-28-29-30-31-32-34-36-38-40-42-44-46-49-59-51-53(52-61-63(57,58)60-50-48-55(3,4)5)62-54(56)47-45-43-41-39-37-35-33-21-19-17-15-13-11-9-7-2/h8-11,14-17,20-22,24-25,27-28,30-31,33,37,39,53H,6-7,12-13,18-19,23,26,29,32,34-36,38,40-52H2,1-5H3/p+1/b10-8-,11-9-,16-14-,17-15-,22-20-,25-24-,28-27-,31-30-,33-21-,39-37-. The number of carbonyl (C=O) groups is 1. The van der Waals surface area contributed by atoms with Gasteiger partial charge >= 0.3 is 13.8 Å². The molecule has 0 amide bonds. The Morgan fingerprint density at radius 2 is 0.873 bits per heavy atom. The zero-order valence-electron chi connectivity index (χ0n) is 40.5. The van der Waals surface area contributed by atoms with Gasteiger partial charge in [0.05, 0.1) is 34.4 Å². The van der Waals surface area contributed by atoms with Crippen molar-refractivity contribution < 1.29 is 37.3 Å². The average Bonchev–Trinajstić information content (AvgIpc) is 3.24. The molecule has 0 aromatic carbocycles. The van der Waals surface area contributed by atoms with Gasteiger partial charge in [-0.3, -0.25) is 13.8 Å². The Labute approximate surface area is 386 Å². The first-order valence-corrected chi connectivity index (χ1v) is 25.8. The van der Waals surface area contributed by atoms with Crippen LogP contribution in [-0.4, -0.2) is 75.6 Å². The van der Waals surface area contributed by atoms with Gasteiger partial charge in [0.15, 0.2) is 0 Å². The van der Waals surface area contributed by atoms with Gasteiger partial charge in [0.25, 0.3) is 0 Å². The highest BCUT2D eigenvalue weighted by Crippen LogP contribution is 2.43. The third-order valence-corrected chi connectivity index (χ3v) is 10.5. The Morgan fingerprint density at radius 3 is 1.30 bits per heavy atom. The summed E-state index contributed by atoms with van der Waals surface area (Å²) in [6.45, 7) is 5.27. The van der Waals surface area contributed by atoms with Gasteiger partial charge in [-0.25, -0.2) is 4.57 Å². The lowest BCUT2D eigenvalue weighted by Crippen LogP contribution is -2.37. The largest absolute Gasteiger partial charge is 0.472 e. The van der Waals surface area contributed by atoms with Crippen molar-refractivity contribution in [3.05, 3.63) is 122 Å². The average molecular weight is 897 g/mol. The summed E-state index contributed by atoms with van der Waals surface area (Å²) < 4.78 is 35.0. The predicted molar refractivity (Wildman–Crippen MR) is 270 cm³/mol. The summed E-state index contributed by atoms with van der Waals surface area (Å²) in [4.78, 5) is 22.9. The van der Waals surface area contributed by atoms with E-state index in [1.165, 1.54) is 25.7 Å². The molecule has 0 saturated heterocycles. The van der Waals surface area contributed by atoms with Crippen LogP contribution in [-0.2, 0) is 27.9 Å². The number of hydrogen-bond acceptors (Lipinski definition) is 6. The van der Waals surface area contributed by atoms with Crippen LogP contribution in [0.25, 0.3) is 0 Å².